The monoisotopic (exact) mass is 807 g/mol. The molecule has 1 saturated heterocycles. The fourth-order valence-electron chi connectivity index (χ4n) is 9.87. The Bertz CT molecular complexity index is 1950. The lowest BCUT2D eigenvalue weighted by Crippen LogP contribution is -2.82. The Labute approximate surface area is 336 Å². The molecular weight excluding hydrogens is 754 g/mol. The number of hydrogen-bond donors (Lipinski definition) is 4. The van der Waals surface area contributed by atoms with Crippen LogP contribution >= 0.6 is 0 Å². The summed E-state index contributed by atoms with van der Waals surface area (Å²) < 4.78 is 29.5. The van der Waals surface area contributed by atoms with Crippen LogP contribution in [0.2, 0.25) is 0 Å². The summed E-state index contributed by atoms with van der Waals surface area (Å²) in [6.45, 7) is 11.8. The zero-order valence-corrected chi connectivity index (χ0v) is 33.9. The predicted octanol–water partition coefficient (Wildman–Crippen LogP) is 3.40. The first kappa shape index (κ1) is 42.9. The predicted molar refractivity (Wildman–Crippen MR) is 203 cm³/mol. The quantitative estimate of drug-likeness (QED) is 0.171. The van der Waals surface area contributed by atoms with Gasteiger partial charge in [0, 0.05) is 37.0 Å². The molecule has 4 N–H and O–H groups in total. The van der Waals surface area contributed by atoms with Gasteiger partial charge in [-0.05, 0) is 45.4 Å². The number of benzene rings is 2. The van der Waals surface area contributed by atoms with Gasteiger partial charge in [0.2, 0.25) is 11.6 Å². The van der Waals surface area contributed by atoms with Crippen molar-refractivity contribution in [2.45, 2.75) is 122 Å². The second kappa shape index (κ2) is 15.2. The van der Waals surface area contributed by atoms with Crippen LogP contribution in [0.3, 0.4) is 0 Å². The van der Waals surface area contributed by atoms with E-state index >= 15 is 0 Å². The van der Waals surface area contributed by atoms with Gasteiger partial charge in [-0.2, -0.15) is 0 Å². The number of ketones is 2. The first-order valence-corrected chi connectivity index (χ1v) is 19.5. The molecule has 1 heterocycles. The molecule has 15 nitrogen and oxygen atoms in total. The first-order valence-electron chi connectivity index (χ1n) is 19.5. The summed E-state index contributed by atoms with van der Waals surface area (Å²) in [6.07, 6.45) is -9.48. The Morgan fingerprint density at radius 1 is 0.948 bits per heavy atom. The van der Waals surface area contributed by atoms with Gasteiger partial charge in [-0.3, -0.25) is 14.4 Å². The molecular formula is C43H53NO14. The first-order chi connectivity index (χ1) is 27.0. The zero-order chi connectivity index (χ0) is 42.7. The van der Waals surface area contributed by atoms with Crippen LogP contribution in [-0.4, -0.2) is 105 Å². The molecule has 0 spiro atoms. The van der Waals surface area contributed by atoms with Gasteiger partial charge in [0.1, 0.15) is 29.5 Å². The lowest BCUT2D eigenvalue weighted by atomic mass is 9.42. The summed E-state index contributed by atoms with van der Waals surface area (Å²) in [4.78, 5) is 83.6. The van der Waals surface area contributed by atoms with E-state index in [2.05, 4.69) is 5.32 Å². The van der Waals surface area contributed by atoms with E-state index in [1.54, 1.807) is 90.1 Å². The normalized spacial score (nSPS) is 34.9. The molecule has 4 fully saturated rings. The molecule has 2 aromatic carbocycles. The van der Waals surface area contributed by atoms with Crippen molar-refractivity contribution in [2.24, 2.45) is 28.6 Å². The number of aliphatic hydroxyl groups excluding tert-OH is 2. The molecule has 3 aliphatic carbocycles. The van der Waals surface area contributed by atoms with Crippen molar-refractivity contribution in [3.8, 4) is 0 Å². The highest BCUT2D eigenvalue weighted by atomic mass is 16.6. The highest BCUT2D eigenvalue weighted by molar-refractivity contribution is 6.40. The van der Waals surface area contributed by atoms with Crippen molar-refractivity contribution >= 4 is 35.6 Å². The summed E-state index contributed by atoms with van der Waals surface area (Å²) in [5.41, 5.74) is -8.31. The van der Waals surface area contributed by atoms with Crippen LogP contribution < -0.4 is 5.32 Å². The van der Waals surface area contributed by atoms with Crippen LogP contribution in [0.1, 0.15) is 90.2 Å². The Kier molecular flexibility index (Phi) is 11.2. The number of ether oxygens (including phenoxy) is 5. The third kappa shape index (κ3) is 7.09. The molecule has 58 heavy (non-hydrogen) atoms. The minimum absolute atomic E-state index is 0.0747. The number of alkyl carbamates (subject to hydrolysis) is 1. The maximum absolute atomic E-state index is 14.9. The molecule has 1 aliphatic heterocycles. The van der Waals surface area contributed by atoms with Gasteiger partial charge in [0.05, 0.1) is 35.6 Å². The Balaban J connectivity index is 1.46. The number of fused-ring (bicyclic) bond motifs is 5. The molecule has 12 atom stereocenters. The molecule has 4 aliphatic rings. The number of aliphatic hydroxyl groups is 3. The molecule has 0 aromatic heterocycles. The number of Topliss-reactive ketones (excluding diaryl/α,β-unsaturated/α-hetero) is 2. The lowest BCUT2D eigenvalue weighted by molar-refractivity contribution is -0.350. The average Bonchev–Trinajstić information content (AvgIpc) is 3.14. The summed E-state index contributed by atoms with van der Waals surface area (Å²) in [7, 11) is 0. The van der Waals surface area contributed by atoms with Crippen LogP contribution in [0.4, 0.5) is 4.79 Å². The van der Waals surface area contributed by atoms with E-state index < -0.39 is 124 Å². The second-order valence-electron chi connectivity index (χ2n) is 17.9. The third-order valence-electron chi connectivity index (χ3n) is 12.9. The molecule has 1 amide bonds. The molecule has 3 saturated carbocycles. The molecule has 3 unspecified atom stereocenters. The summed E-state index contributed by atoms with van der Waals surface area (Å²) in [5, 5.41) is 39.3. The van der Waals surface area contributed by atoms with Gasteiger partial charge >= 0.3 is 24.0 Å². The summed E-state index contributed by atoms with van der Waals surface area (Å²) in [5.74, 6) is -8.93. The van der Waals surface area contributed by atoms with Crippen LogP contribution in [0.25, 0.3) is 0 Å². The highest BCUT2D eigenvalue weighted by Gasteiger charge is 2.79. The van der Waals surface area contributed by atoms with Gasteiger partial charge in [-0.15, -0.1) is 0 Å². The molecule has 2 bridgehead atoms. The van der Waals surface area contributed by atoms with Crippen molar-refractivity contribution < 1.29 is 67.8 Å². The van der Waals surface area contributed by atoms with Crippen molar-refractivity contribution in [3.05, 3.63) is 71.8 Å². The van der Waals surface area contributed by atoms with Gasteiger partial charge in [0.15, 0.2) is 11.7 Å². The summed E-state index contributed by atoms with van der Waals surface area (Å²) >= 11 is 0. The van der Waals surface area contributed by atoms with Crippen LogP contribution in [0, 0.1) is 28.6 Å². The molecule has 0 radical (unpaired) electrons. The van der Waals surface area contributed by atoms with Crippen LogP contribution in [0.5, 0.6) is 0 Å². The lowest BCUT2D eigenvalue weighted by Gasteiger charge is -2.67. The van der Waals surface area contributed by atoms with E-state index in [0.29, 0.717) is 5.56 Å². The van der Waals surface area contributed by atoms with Crippen molar-refractivity contribution in [3.63, 3.8) is 0 Å². The van der Waals surface area contributed by atoms with Crippen LogP contribution in [0.15, 0.2) is 60.7 Å². The number of esters is 3. The minimum Gasteiger partial charge on any atom is -0.460 e. The summed E-state index contributed by atoms with van der Waals surface area (Å²) in [6, 6.07) is 14.6. The number of rotatable bonds is 8. The fraction of sp³-hybridized carbons (Fsp3) is 0.581. The Morgan fingerprint density at radius 2 is 1.55 bits per heavy atom. The topological polar surface area (TPSA) is 221 Å². The maximum Gasteiger partial charge on any atom is 0.408 e. The van der Waals surface area contributed by atoms with E-state index in [1.165, 1.54) is 19.1 Å². The van der Waals surface area contributed by atoms with E-state index in [-0.39, 0.29) is 18.6 Å². The van der Waals surface area contributed by atoms with E-state index in [4.69, 9.17) is 23.7 Å². The van der Waals surface area contributed by atoms with E-state index in [9.17, 15) is 44.1 Å². The van der Waals surface area contributed by atoms with E-state index in [1.807, 2.05) is 0 Å². The zero-order valence-electron chi connectivity index (χ0n) is 33.9. The largest absolute Gasteiger partial charge is 0.460 e. The molecule has 2 aromatic rings. The highest BCUT2D eigenvalue weighted by Crippen LogP contribution is 2.64. The number of carbonyl (C=O) groups excluding carboxylic acids is 6. The maximum atomic E-state index is 14.9. The van der Waals surface area contributed by atoms with Gasteiger partial charge < -0.3 is 44.3 Å². The second-order valence-corrected chi connectivity index (χ2v) is 17.9. The van der Waals surface area contributed by atoms with E-state index in [0.717, 1.165) is 6.92 Å². The number of carbonyl (C=O) groups is 6. The standard InChI is InChI=1S/C43H53NO14/c1-22-26(55-37(51)32(48)30(24-15-11-9-12-16-24)44-38(52)58-39(3,4)5)20-43(53)35(56-36(50)25-17-13-10-14-18-25)33-41(8,34(49)31(47)29(22)40(43,6)7)27(46)19-28-42(33,21-54-28)57-23(2)45/h9-18,22,26-30,32-33,35,46,48,53H,19-21H2,1-8H3,(H,44,52)/t22?,26-,27-,28+,29?,30?,32+,33-,35-,41+,42-,43+/m0/s1. The molecule has 6 rings (SSSR count). The van der Waals surface area contributed by atoms with Crippen molar-refractivity contribution in [1.29, 1.82) is 0 Å². The third-order valence-corrected chi connectivity index (χ3v) is 12.9. The van der Waals surface area contributed by atoms with Gasteiger partial charge in [0.25, 0.3) is 0 Å². The van der Waals surface area contributed by atoms with Crippen LogP contribution in [-0.2, 0) is 42.9 Å². The average molecular weight is 808 g/mol. The Hall–Kier alpha value is -4.70. The van der Waals surface area contributed by atoms with Gasteiger partial charge in [-0.1, -0.05) is 69.3 Å². The van der Waals surface area contributed by atoms with Crippen molar-refractivity contribution in [1.82, 2.24) is 5.32 Å². The number of amides is 1. The number of nitrogens with one attached hydrogen (secondary N) is 1. The SMILES string of the molecule is CC(=O)O[C@@]12CO[C@@H]1C[C@H](O)[C@@]1(C)C(=O)C(=O)C3C(C)[C@@H](OC(=O)[C@H](O)C(NC(=O)OC(C)(C)C)c4ccccc4)C[C@@](O)([C@@H](OC(=O)c4ccccc4)[C@H]21)C3(C)C. The molecule has 314 valence electrons. The van der Waals surface area contributed by atoms with Crippen molar-refractivity contribution in [2.75, 3.05) is 6.61 Å². The fourth-order valence-corrected chi connectivity index (χ4v) is 9.87. The Morgan fingerprint density at radius 3 is 2.10 bits per heavy atom. The molecule has 15 heteroatoms. The number of hydrogen-bond acceptors (Lipinski definition) is 14. The smallest absolute Gasteiger partial charge is 0.408 e. The minimum atomic E-state index is -2.36. The van der Waals surface area contributed by atoms with Gasteiger partial charge in [-0.25, -0.2) is 14.4 Å².